The molecule has 0 heterocycles. The van der Waals surface area contributed by atoms with Crippen LogP contribution >= 0.6 is 23.4 Å². The molecule has 1 unspecified atom stereocenters. The Labute approximate surface area is 159 Å². The van der Waals surface area contributed by atoms with E-state index in [1.165, 1.54) is 11.1 Å². The minimum absolute atomic E-state index is 0.0846. The number of thioether (sulfide) groups is 1. The molecule has 0 saturated carbocycles. The molecule has 0 aliphatic rings. The highest BCUT2D eigenvalue weighted by Crippen LogP contribution is 2.19. The van der Waals surface area contributed by atoms with Gasteiger partial charge in [-0.05, 0) is 37.1 Å². The van der Waals surface area contributed by atoms with Crippen LogP contribution in [-0.2, 0) is 10.5 Å². The fraction of sp³-hybridized carbons (Fsp3) is 0.350. The van der Waals surface area contributed by atoms with Crippen molar-refractivity contribution < 1.29 is 9.53 Å². The van der Waals surface area contributed by atoms with E-state index in [1.54, 1.807) is 18.2 Å². The first-order valence-electron chi connectivity index (χ1n) is 8.41. The van der Waals surface area contributed by atoms with E-state index in [2.05, 4.69) is 36.5 Å². The topological polar surface area (TPSA) is 38.3 Å². The van der Waals surface area contributed by atoms with Crippen molar-refractivity contribution in [2.24, 2.45) is 0 Å². The van der Waals surface area contributed by atoms with E-state index in [4.69, 9.17) is 16.3 Å². The number of rotatable bonds is 9. The fourth-order valence-corrected chi connectivity index (χ4v) is 3.37. The number of nitrogens with one attached hydrogen (secondary N) is 1. The Morgan fingerprint density at radius 2 is 2.04 bits per heavy atom. The van der Waals surface area contributed by atoms with Crippen LogP contribution in [0.2, 0.25) is 5.02 Å². The van der Waals surface area contributed by atoms with Gasteiger partial charge in [0.05, 0.1) is 0 Å². The highest BCUT2D eigenvalue weighted by atomic mass is 35.5. The van der Waals surface area contributed by atoms with Gasteiger partial charge in [-0.1, -0.05) is 54.4 Å². The number of hydrogen-bond acceptors (Lipinski definition) is 3. The Bertz CT molecular complexity index is 693. The number of carbonyl (C=O) groups excluding carboxylic acids is 1. The van der Waals surface area contributed by atoms with Crippen LogP contribution in [0.5, 0.6) is 5.75 Å². The zero-order chi connectivity index (χ0) is 18.1. The van der Waals surface area contributed by atoms with E-state index in [0.29, 0.717) is 23.7 Å². The van der Waals surface area contributed by atoms with Gasteiger partial charge in [0.15, 0.2) is 6.10 Å². The normalized spacial score (nSPS) is 11.8. The van der Waals surface area contributed by atoms with Crippen LogP contribution in [0.1, 0.15) is 24.5 Å². The van der Waals surface area contributed by atoms with E-state index in [1.807, 2.05) is 24.8 Å². The summed E-state index contributed by atoms with van der Waals surface area (Å²) in [4.78, 5) is 12.3. The molecule has 1 atom stereocenters. The Morgan fingerprint density at radius 3 is 2.76 bits per heavy atom. The molecule has 134 valence electrons. The Hall–Kier alpha value is -1.65. The maximum atomic E-state index is 12.3. The maximum absolute atomic E-state index is 12.3. The smallest absolute Gasteiger partial charge is 0.261 e. The second kappa shape index (κ2) is 10.4. The maximum Gasteiger partial charge on any atom is 0.261 e. The van der Waals surface area contributed by atoms with Crippen LogP contribution in [0.15, 0.2) is 48.5 Å². The monoisotopic (exact) mass is 377 g/mol. The fourth-order valence-electron chi connectivity index (χ4n) is 2.38. The molecule has 2 aromatic carbocycles. The first-order chi connectivity index (χ1) is 12.1. The molecular formula is C20H24ClNO2S. The highest BCUT2D eigenvalue weighted by molar-refractivity contribution is 7.98. The van der Waals surface area contributed by atoms with Crippen molar-refractivity contribution >= 4 is 29.3 Å². The van der Waals surface area contributed by atoms with Gasteiger partial charge in [0.1, 0.15) is 5.75 Å². The standard InChI is InChI=1S/C20H24ClNO2S/c1-3-19(24-18-9-5-8-17(21)13-18)20(23)22-10-11-25-14-16-7-4-6-15(2)12-16/h4-9,12-13,19H,3,10-11,14H2,1-2H3,(H,22,23). The Morgan fingerprint density at radius 1 is 1.24 bits per heavy atom. The second-order valence-corrected chi connectivity index (χ2v) is 7.35. The lowest BCUT2D eigenvalue weighted by Gasteiger charge is -2.17. The van der Waals surface area contributed by atoms with Crippen molar-refractivity contribution in [1.29, 1.82) is 0 Å². The molecule has 3 nitrogen and oxygen atoms in total. The number of ether oxygens (including phenoxy) is 1. The summed E-state index contributed by atoms with van der Waals surface area (Å²) in [5.41, 5.74) is 2.59. The summed E-state index contributed by atoms with van der Waals surface area (Å²) in [7, 11) is 0. The third kappa shape index (κ3) is 7.00. The molecule has 2 rings (SSSR count). The molecule has 2 aromatic rings. The predicted octanol–water partition coefficient (Wildman–Crippen LogP) is 4.86. The van der Waals surface area contributed by atoms with Crippen LogP contribution in [0, 0.1) is 6.92 Å². The molecule has 0 spiro atoms. The number of carbonyl (C=O) groups is 1. The first kappa shape index (κ1) is 19.7. The molecule has 25 heavy (non-hydrogen) atoms. The lowest BCUT2D eigenvalue weighted by Crippen LogP contribution is -2.39. The molecule has 1 N–H and O–H groups in total. The van der Waals surface area contributed by atoms with Crippen LogP contribution in [0.3, 0.4) is 0 Å². The van der Waals surface area contributed by atoms with Gasteiger partial charge in [-0.15, -0.1) is 0 Å². The lowest BCUT2D eigenvalue weighted by molar-refractivity contribution is -0.127. The quantitative estimate of drug-likeness (QED) is 0.634. The van der Waals surface area contributed by atoms with Crippen molar-refractivity contribution in [2.75, 3.05) is 12.3 Å². The van der Waals surface area contributed by atoms with Crippen molar-refractivity contribution in [3.05, 3.63) is 64.7 Å². The predicted molar refractivity (Wildman–Crippen MR) is 107 cm³/mol. The molecule has 0 aliphatic heterocycles. The number of hydrogen-bond donors (Lipinski definition) is 1. The van der Waals surface area contributed by atoms with Crippen molar-refractivity contribution in [2.45, 2.75) is 32.1 Å². The van der Waals surface area contributed by atoms with Gasteiger partial charge >= 0.3 is 0 Å². The first-order valence-corrected chi connectivity index (χ1v) is 9.95. The largest absolute Gasteiger partial charge is 0.481 e. The Kier molecular flexibility index (Phi) is 8.16. The minimum Gasteiger partial charge on any atom is -0.481 e. The number of aryl methyl sites for hydroxylation is 1. The lowest BCUT2D eigenvalue weighted by atomic mass is 10.2. The molecule has 0 bridgehead atoms. The summed E-state index contributed by atoms with van der Waals surface area (Å²) in [5.74, 6) is 2.35. The van der Waals surface area contributed by atoms with Gasteiger partial charge in [0.25, 0.3) is 5.91 Å². The summed E-state index contributed by atoms with van der Waals surface area (Å²) >= 11 is 7.76. The van der Waals surface area contributed by atoms with E-state index in [9.17, 15) is 4.79 Å². The van der Waals surface area contributed by atoms with Gasteiger partial charge in [-0.2, -0.15) is 11.8 Å². The summed E-state index contributed by atoms with van der Waals surface area (Å²) < 4.78 is 5.74. The molecule has 1 amide bonds. The van der Waals surface area contributed by atoms with Crippen LogP contribution in [0.4, 0.5) is 0 Å². The van der Waals surface area contributed by atoms with Gasteiger partial charge in [0, 0.05) is 23.1 Å². The molecule has 0 aliphatic carbocycles. The van der Waals surface area contributed by atoms with Gasteiger partial charge in [0.2, 0.25) is 0 Å². The van der Waals surface area contributed by atoms with E-state index in [-0.39, 0.29) is 5.91 Å². The second-order valence-electron chi connectivity index (χ2n) is 5.80. The number of amides is 1. The Balaban J connectivity index is 1.71. The minimum atomic E-state index is -0.500. The summed E-state index contributed by atoms with van der Waals surface area (Å²) in [6.45, 7) is 4.66. The van der Waals surface area contributed by atoms with Crippen LogP contribution in [-0.4, -0.2) is 24.3 Å². The molecular weight excluding hydrogens is 354 g/mol. The molecule has 0 radical (unpaired) electrons. The van der Waals surface area contributed by atoms with Crippen LogP contribution < -0.4 is 10.1 Å². The number of benzene rings is 2. The number of halogens is 1. The molecule has 0 aromatic heterocycles. The van der Waals surface area contributed by atoms with Crippen molar-refractivity contribution in [1.82, 2.24) is 5.32 Å². The van der Waals surface area contributed by atoms with E-state index < -0.39 is 6.10 Å². The average Bonchev–Trinajstić information content (AvgIpc) is 2.59. The third-order valence-electron chi connectivity index (χ3n) is 3.63. The zero-order valence-electron chi connectivity index (χ0n) is 14.6. The molecule has 5 heteroatoms. The van der Waals surface area contributed by atoms with Gasteiger partial charge in [-0.3, -0.25) is 4.79 Å². The van der Waals surface area contributed by atoms with Crippen molar-refractivity contribution in [3.63, 3.8) is 0 Å². The SMILES string of the molecule is CCC(Oc1cccc(Cl)c1)C(=O)NCCSCc1cccc(C)c1. The van der Waals surface area contributed by atoms with Crippen molar-refractivity contribution in [3.8, 4) is 5.75 Å². The summed E-state index contributed by atoms with van der Waals surface area (Å²) in [6, 6.07) is 15.6. The van der Waals surface area contributed by atoms with E-state index in [0.717, 1.165) is 11.5 Å². The third-order valence-corrected chi connectivity index (χ3v) is 4.90. The van der Waals surface area contributed by atoms with Gasteiger partial charge < -0.3 is 10.1 Å². The summed E-state index contributed by atoms with van der Waals surface area (Å²) in [6.07, 6.45) is 0.106. The summed E-state index contributed by atoms with van der Waals surface area (Å²) in [5, 5.41) is 3.55. The van der Waals surface area contributed by atoms with Gasteiger partial charge in [-0.25, -0.2) is 0 Å². The van der Waals surface area contributed by atoms with E-state index >= 15 is 0 Å². The zero-order valence-corrected chi connectivity index (χ0v) is 16.2. The highest BCUT2D eigenvalue weighted by Gasteiger charge is 2.17. The van der Waals surface area contributed by atoms with Crippen LogP contribution in [0.25, 0.3) is 0 Å². The molecule has 0 fully saturated rings. The average molecular weight is 378 g/mol. The molecule has 0 saturated heterocycles.